The highest BCUT2D eigenvalue weighted by Gasteiger charge is 2.46. The highest BCUT2D eigenvalue weighted by molar-refractivity contribution is 6.30. The number of carbonyl (C=O) groups is 2. The summed E-state index contributed by atoms with van der Waals surface area (Å²) in [6.07, 6.45) is 2.97. The molecule has 0 amide bonds. The van der Waals surface area contributed by atoms with Crippen molar-refractivity contribution in [3.63, 3.8) is 0 Å². The monoisotopic (exact) mass is 429 g/mol. The van der Waals surface area contributed by atoms with E-state index in [0.29, 0.717) is 29.3 Å². The Hall–Kier alpha value is -2.11. The molecular formula is C24H28ClNO4. The average molecular weight is 430 g/mol. The molecule has 30 heavy (non-hydrogen) atoms. The minimum absolute atomic E-state index is 0.0585. The summed E-state index contributed by atoms with van der Waals surface area (Å²) in [5.74, 6) is -1.50. The maximum absolute atomic E-state index is 13.2. The van der Waals surface area contributed by atoms with Crippen LogP contribution in [0.15, 0.2) is 47.8 Å². The number of allylic oxidation sites excluding steroid dienone is 2. The van der Waals surface area contributed by atoms with E-state index in [-0.39, 0.29) is 23.9 Å². The molecule has 1 aromatic carbocycles. The first-order chi connectivity index (χ1) is 14.2. The van der Waals surface area contributed by atoms with Gasteiger partial charge in [-0.15, -0.1) is 0 Å². The van der Waals surface area contributed by atoms with Gasteiger partial charge in [-0.05, 0) is 42.4 Å². The van der Waals surface area contributed by atoms with Gasteiger partial charge in [-0.2, -0.15) is 0 Å². The van der Waals surface area contributed by atoms with Gasteiger partial charge in [-0.25, -0.2) is 0 Å². The summed E-state index contributed by atoms with van der Waals surface area (Å²) in [4.78, 5) is 26.4. The molecule has 1 saturated heterocycles. The Kier molecular flexibility index (Phi) is 5.78. The third-order valence-corrected chi connectivity index (χ3v) is 6.38. The lowest BCUT2D eigenvalue weighted by Crippen LogP contribution is -2.44. The van der Waals surface area contributed by atoms with Crippen LogP contribution < -0.4 is 5.32 Å². The van der Waals surface area contributed by atoms with E-state index in [9.17, 15) is 9.59 Å². The molecule has 1 N–H and O–H groups in total. The van der Waals surface area contributed by atoms with Crippen LogP contribution in [-0.2, 0) is 19.1 Å². The molecule has 6 heteroatoms. The molecule has 1 aliphatic carbocycles. The number of ketones is 1. The van der Waals surface area contributed by atoms with Crippen LogP contribution in [0.4, 0.5) is 0 Å². The van der Waals surface area contributed by atoms with Gasteiger partial charge in [-0.1, -0.05) is 44.2 Å². The van der Waals surface area contributed by atoms with Crippen molar-refractivity contribution in [1.29, 1.82) is 0 Å². The number of ether oxygens (including phenoxy) is 2. The fourth-order valence-corrected chi connectivity index (χ4v) is 5.02. The van der Waals surface area contributed by atoms with Crippen LogP contribution in [0, 0.1) is 11.3 Å². The van der Waals surface area contributed by atoms with Crippen molar-refractivity contribution in [1.82, 2.24) is 5.32 Å². The summed E-state index contributed by atoms with van der Waals surface area (Å²) in [5.41, 5.74) is 2.75. The standard InChI is InChI=1S/C24H28ClNO4/c1-14-20(23(28)30-13-17-8-5-9-29-17)21(15-6-4-7-16(25)10-15)22-18(26-14)11-24(2,3)12-19(22)27/h4,6-7,10,17,20-21,26H,1,5,8-9,11-13H2,2-3H3. The van der Waals surface area contributed by atoms with Crippen LogP contribution in [0.3, 0.4) is 0 Å². The first-order valence-electron chi connectivity index (χ1n) is 10.5. The molecule has 2 heterocycles. The topological polar surface area (TPSA) is 64.6 Å². The molecule has 0 spiro atoms. The number of hydrogen-bond acceptors (Lipinski definition) is 5. The van der Waals surface area contributed by atoms with Crippen LogP contribution in [0.5, 0.6) is 0 Å². The van der Waals surface area contributed by atoms with E-state index < -0.39 is 17.8 Å². The Morgan fingerprint density at radius 1 is 1.37 bits per heavy atom. The number of Topliss-reactive ketones (excluding diaryl/α,β-unsaturated/α-hetero) is 1. The van der Waals surface area contributed by atoms with Crippen LogP contribution in [0.1, 0.15) is 51.0 Å². The number of benzene rings is 1. The summed E-state index contributed by atoms with van der Waals surface area (Å²) in [5, 5.41) is 3.84. The molecule has 0 radical (unpaired) electrons. The molecule has 2 aliphatic heterocycles. The summed E-state index contributed by atoms with van der Waals surface area (Å²) >= 11 is 6.26. The van der Waals surface area contributed by atoms with E-state index in [1.165, 1.54) is 0 Å². The maximum Gasteiger partial charge on any atom is 0.315 e. The van der Waals surface area contributed by atoms with Gasteiger partial charge in [0.25, 0.3) is 0 Å². The second kappa shape index (κ2) is 8.20. The zero-order chi connectivity index (χ0) is 21.5. The van der Waals surface area contributed by atoms with Crippen molar-refractivity contribution < 1.29 is 19.1 Å². The zero-order valence-corrected chi connectivity index (χ0v) is 18.3. The van der Waals surface area contributed by atoms with Gasteiger partial charge in [0.2, 0.25) is 0 Å². The van der Waals surface area contributed by atoms with Crippen LogP contribution in [-0.4, -0.2) is 31.1 Å². The number of carbonyl (C=O) groups excluding carboxylic acids is 2. The Labute approximate surface area is 182 Å². The Morgan fingerprint density at radius 2 is 2.17 bits per heavy atom. The van der Waals surface area contributed by atoms with Gasteiger partial charge >= 0.3 is 5.97 Å². The van der Waals surface area contributed by atoms with Crippen LogP contribution in [0.25, 0.3) is 0 Å². The van der Waals surface area contributed by atoms with Crippen molar-refractivity contribution >= 4 is 23.4 Å². The van der Waals surface area contributed by atoms with Crippen molar-refractivity contribution in [3.05, 3.63) is 58.4 Å². The van der Waals surface area contributed by atoms with Gasteiger partial charge in [0.05, 0.1) is 6.10 Å². The van der Waals surface area contributed by atoms with Crippen molar-refractivity contribution in [2.24, 2.45) is 11.3 Å². The largest absolute Gasteiger partial charge is 0.462 e. The lowest BCUT2D eigenvalue weighted by atomic mass is 9.66. The summed E-state index contributed by atoms with van der Waals surface area (Å²) in [6, 6.07) is 7.36. The molecule has 1 fully saturated rings. The summed E-state index contributed by atoms with van der Waals surface area (Å²) in [6.45, 7) is 9.21. The van der Waals surface area contributed by atoms with E-state index in [1.54, 1.807) is 6.07 Å². The number of esters is 1. The molecule has 3 aliphatic rings. The molecule has 0 saturated carbocycles. The van der Waals surface area contributed by atoms with Gasteiger partial charge < -0.3 is 14.8 Å². The second-order valence-electron chi connectivity index (χ2n) is 9.26. The molecular weight excluding hydrogens is 402 g/mol. The number of nitrogens with one attached hydrogen (secondary N) is 1. The first-order valence-corrected chi connectivity index (χ1v) is 10.9. The highest BCUT2D eigenvalue weighted by Crippen LogP contribution is 2.48. The van der Waals surface area contributed by atoms with Gasteiger partial charge in [0, 0.05) is 40.9 Å². The molecule has 1 aromatic rings. The van der Waals surface area contributed by atoms with Gasteiger partial charge in [0.15, 0.2) is 5.78 Å². The van der Waals surface area contributed by atoms with E-state index >= 15 is 0 Å². The second-order valence-corrected chi connectivity index (χ2v) is 9.70. The quantitative estimate of drug-likeness (QED) is 0.713. The third kappa shape index (κ3) is 4.19. The predicted molar refractivity (Wildman–Crippen MR) is 115 cm³/mol. The Balaban J connectivity index is 1.71. The number of hydrogen-bond donors (Lipinski definition) is 1. The third-order valence-electron chi connectivity index (χ3n) is 6.15. The molecule has 5 nitrogen and oxygen atoms in total. The zero-order valence-electron chi connectivity index (χ0n) is 17.5. The van der Waals surface area contributed by atoms with Crippen molar-refractivity contribution in [3.8, 4) is 0 Å². The lowest BCUT2D eigenvalue weighted by Gasteiger charge is -2.42. The van der Waals surface area contributed by atoms with E-state index in [2.05, 4.69) is 25.7 Å². The summed E-state index contributed by atoms with van der Waals surface area (Å²) < 4.78 is 11.2. The fraction of sp³-hybridized carbons (Fsp3) is 0.500. The Morgan fingerprint density at radius 3 is 2.87 bits per heavy atom. The highest BCUT2D eigenvalue weighted by atomic mass is 35.5. The van der Waals surface area contributed by atoms with Crippen molar-refractivity contribution in [2.75, 3.05) is 13.2 Å². The normalized spacial score (nSPS) is 28.2. The SMILES string of the molecule is C=C1NC2=C(C(=O)CC(C)(C)C2)C(c2cccc(Cl)c2)C1C(=O)OCC1CCCO1. The smallest absolute Gasteiger partial charge is 0.315 e. The maximum atomic E-state index is 13.2. The molecule has 0 aromatic heterocycles. The number of halogens is 1. The fourth-order valence-electron chi connectivity index (χ4n) is 4.82. The van der Waals surface area contributed by atoms with Gasteiger partial charge in [-0.3, -0.25) is 9.59 Å². The molecule has 3 unspecified atom stereocenters. The van der Waals surface area contributed by atoms with E-state index in [0.717, 1.165) is 30.5 Å². The predicted octanol–water partition coefficient (Wildman–Crippen LogP) is 4.52. The minimum atomic E-state index is -0.700. The summed E-state index contributed by atoms with van der Waals surface area (Å²) in [7, 11) is 0. The lowest BCUT2D eigenvalue weighted by molar-refractivity contribution is -0.151. The average Bonchev–Trinajstić information content (AvgIpc) is 3.17. The van der Waals surface area contributed by atoms with E-state index in [4.69, 9.17) is 21.1 Å². The van der Waals surface area contributed by atoms with E-state index in [1.807, 2.05) is 18.2 Å². The molecule has 4 rings (SSSR count). The molecule has 3 atom stereocenters. The molecule has 160 valence electrons. The minimum Gasteiger partial charge on any atom is -0.462 e. The van der Waals surface area contributed by atoms with Crippen LogP contribution in [0.2, 0.25) is 5.02 Å². The van der Waals surface area contributed by atoms with Gasteiger partial charge in [0.1, 0.15) is 12.5 Å². The van der Waals surface area contributed by atoms with Crippen LogP contribution >= 0.6 is 11.6 Å². The van der Waals surface area contributed by atoms with Crippen molar-refractivity contribution in [2.45, 2.75) is 51.6 Å². The number of rotatable bonds is 4. The first kappa shape index (κ1) is 21.1. The Bertz CT molecular complexity index is 914. The molecule has 0 bridgehead atoms.